The molecule has 5 aromatic rings. The Morgan fingerprint density at radius 2 is 1.30 bits per heavy atom. The molecule has 0 heterocycles. The molecule has 0 aromatic heterocycles. The Hall–Kier alpha value is -5.40. The molecule has 0 bridgehead atoms. The van der Waals surface area contributed by atoms with Crippen molar-refractivity contribution in [2.75, 3.05) is 20.2 Å². The number of hydrogen-bond donors (Lipinski definition) is 1. The van der Waals surface area contributed by atoms with Crippen LogP contribution in [-0.4, -0.2) is 49.1 Å². The Kier molecular flexibility index (Phi) is 13.6. The lowest BCUT2D eigenvalue weighted by atomic mass is 9.79. The third-order valence-electron chi connectivity index (χ3n) is 10.7. The molecule has 0 saturated heterocycles. The lowest BCUT2D eigenvalue weighted by Crippen LogP contribution is -2.49. The molecule has 6 rings (SSSR count). The standard InChI is InChI=1S/C48H51ClN2O5/c1-4-5-6-7-8-18-31-51(3)46(53)44(50-47(54)55-33-41-39-23-14-12-21-37(39)38-22-13-15-24-40(38)41)32-45(52)56-48(35-19-10-9-11-20-35,36-29-27-34(2)28-30-36)42-25-16-17-26-43(42)49/h9-17,19-30,41,44H,4-8,18,31-33H2,1-3H3,(H,50,54)/t44-,48?/m0/s1. The molecule has 1 aliphatic carbocycles. The number of hydrogen-bond acceptors (Lipinski definition) is 5. The molecule has 1 unspecified atom stereocenters. The van der Waals surface area contributed by atoms with Gasteiger partial charge in [-0.25, -0.2) is 4.79 Å². The molecular weight excluding hydrogens is 720 g/mol. The number of aryl methyl sites for hydroxylation is 1. The molecule has 2 atom stereocenters. The van der Waals surface area contributed by atoms with Gasteiger partial charge in [0.2, 0.25) is 5.91 Å². The van der Waals surface area contributed by atoms with E-state index in [0.29, 0.717) is 28.3 Å². The summed E-state index contributed by atoms with van der Waals surface area (Å²) in [6, 6.07) is 39.4. The molecule has 56 heavy (non-hydrogen) atoms. The van der Waals surface area contributed by atoms with Gasteiger partial charge in [-0.05, 0) is 41.7 Å². The molecule has 0 radical (unpaired) electrons. The Balaban J connectivity index is 1.26. The first-order chi connectivity index (χ1) is 27.2. The van der Waals surface area contributed by atoms with Gasteiger partial charge in [0.1, 0.15) is 12.6 Å². The number of carbonyl (C=O) groups is 3. The minimum Gasteiger partial charge on any atom is -0.449 e. The molecule has 1 aliphatic rings. The summed E-state index contributed by atoms with van der Waals surface area (Å²) >= 11 is 6.90. The summed E-state index contributed by atoms with van der Waals surface area (Å²) in [5, 5.41) is 3.17. The zero-order valence-electron chi connectivity index (χ0n) is 32.5. The van der Waals surface area contributed by atoms with E-state index in [1.165, 1.54) is 6.42 Å². The molecule has 290 valence electrons. The molecule has 5 aromatic carbocycles. The van der Waals surface area contributed by atoms with Gasteiger partial charge < -0.3 is 19.7 Å². The second kappa shape index (κ2) is 19.0. The number of esters is 1. The van der Waals surface area contributed by atoms with Gasteiger partial charge in [-0.3, -0.25) is 9.59 Å². The fraction of sp³-hybridized carbons (Fsp3) is 0.312. The Labute approximate surface area is 336 Å². The molecule has 0 aliphatic heterocycles. The average molecular weight is 771 g/mol. The summed E-state index contributed by atoms with van der Waals surface area (Å²) in [6.45, 7) is 4.72. The number of fused-ring (bicyclic) bond motifs is 3. The highest BCUT2D eigenvalue weighted by Crippen LogP contribution is 2.45. The van der Waals surface area contributed by atoms with Crippen LogP contribution in [-0.2, 0) is 24.7 Å². The molecule has 2 amide bonds. The van der Waals surface area contributed by atoms with Crippen molar-refractivity contribution in [1.82, 2.24) is 10.2 Å². The van der Waals surface area contributed by atoms with Crippen molar-refractivity contribution in [3.63, 3.8) is 0 Å². The lowest BCUT2D eigenvalue weighted by molar-refractivity contribution is -0.156. The molecule has 8 heteroatoms. The summed E-state index contributed by atoms with van der Waals surface area (Å²) in [7, 11) is 1.70. The number of alkyl carbamates (subject to hydrolysis) is 1. The van der Waals surface area contributed by atoms with Gasteiger partial charge in [0, 0.05) is 41.2 Å². The molecule has 7 nitrogen and oxygen atoms in total. The Morgan fingerprint density at radius 3 is 1.96 bits per heavy atom. The highest BCUT2D eigenvalue weighted by atomic mass is 35.5. The van der Waals surface area contributed by atoms with E-state index in [2.05, 4.69) is 24.4 Å². The maximum Gasteiger partial charge on any atom is 0.407 e. The monoisotopic (exact) mass is 770 g/mol. The molecular formula is C48H51ClN2O5. The van der Waals surface area contributed by atoms with E-state index in [1.54, 1.807) is 18.0 Å². The SMILES string of the molecule is CCCCCCCCN(C)C(=O)[C@H](CC(=O)OC(c1ccccc1)(c1ccc(C)cc1)c1ccccc1Cl)NC(=O)OCC1c2ccccc2-c2ccccc21. The zero-order valence-corrected chi connectivity index (χ0v) is 33.3. The van der Waals surface area contributed by atoms with Crippen LogP contribution in [0.15, 0.2) is 127 Å². The van der Waals surface area contributed by atoms with Gasteiger partial charge in [-0.15, -0.1) is 0 Å². The highest BCUT2D eigenvalue weighted by Gasteiger charge is 2.43. The van der Waals surface area contributed by atoms with Crippen molar-refractivity contribution in [2.24, 2.45) is 0 Å². The third-order valence-corrected chi connectivity index (χ3v) is 11.0. The average Bonchev–Trinajstić information content (AvgIpc) is 3.54. The quantitative estimate of drug-likeness (QED) is 0.0578. The zero-order chi connectivity index (χ0) is 39.5. The van der Waals surface area contributed by atoms with E-state index in [9.17, 15) is 14.4 Å². The van der Waals surface area contributed by atoms with Crippen molar-refractivity contribution < 1.29 is 23.9 Å². The predicted molar refractivity (Wildman–Crippen MR) is 223 cm³/mol. The smallest absolute Gasteiger partial charge is 0.407 e. The van der Waals surface area contributed by atoms with Crippen LogP contribution in [0.2, 0.25) is 5.02 Å². The van der Waals surface area contributed by atoms with E-state index in [1.807, 2.05) is 116 Å². The van der Waals surface area contributed by atoms with Crippen LogP contribution >= 0.6 is 11.6 Å². The Bertz CT molecular complexity index is 2060. The summed E-state index contributed by atoms with van der Waals surface area (Å²) in [4.78, 5) is 43.9. The first kappa shape index (κ1) is 40.3. The maximum atomic E-state index is 14.5. The third kappa shape index (κ3) is 9.17. The number of unbranched alkanes of at least 4 members (excludes halogenated alkanes) is 5. The van der Waals surface area contributed by atoms with E-state index in [-0.39, 0.29) is 12.5 Å². The predicted octanol–water partition coefficient (Wildman–Crippen LogP) is 10.6. The fourth-order valence-electron chi connectivity index (χ4n) is 7.73. The van der Waals surface area contributed by atoms with Gasteiger partial charge >= 0.3 is 12.1 Å². The number of carbonyl (C=O) groups excluding carboxylic acids is 3. The summed E-state index contributed by atoms with van der Waals surface area (Å²) in [6.07, 6.45) is 5.16. The van der Waals surface area contributed by atoms with Crippen molar-refractivity contribution in [2.45, 2.75) is 76.4 Å². The van der Waals surface area contributed by atoms with Gasteiger partial charge in [0.15, 0.2) is 5.60 Å². The van der Waals surface area contributed by atoms with E-state index in [0.717, 1.165) is 59.9 Å². The van der Waals surface area contributed by atoms with E-state index < -0.39 is 36.0 Å². The van der Waals surface area contributed by atoms with Gasteiger partial charge in [0.05, 0.1) is 6.42 Å². The van der Waals surface area contributed by atoms with Gasteiger partial charge in [-0.2, -0.15) is 0 Å². The number of nitrogens with zero attached hydrogens (tertiary/aromatic N) is 1. The van der Waals surface area contributed by atoms with Crippen LogP contribution in [0.4, 0.5) is 4.79 Å². The fourth-order valence-corrected chi connectivity index (χ4v) is 7.99. The van der Waals surface area contributed by atoms with E-state index in [4.69, 9.17) is 21.1 Å². The molecule has 1 N–H and O–H groups in total. The van der Waals surface area contributed by atoms with Crippen molar-refractivity contribution in [3.8, 4) is 11.1 Å². The van der Waals surface area contributed by atoms with Gasteiger partial charge in [-0.1, -0.05) is 178 Å². The maximum absolute atomic E-state index is 14.5. The van der Waals surface area contributed by atoms with Crippen LogP contribution in [0.3, 0.4) is 0 Å². The minimum absolute atomic E-state index is 0.0653. The summed E-state index contributed by atoms with van der Waals surface area (Å²) in [5.41, 5.74) is 5.86. The minimum atomic E-state index is -1.47. The van der Waals surface area contributed by atoms with E-state index >= 15 is 0 Å². The number of halogens is 1. The van der Waals surface area contributed by atoms with Crippen molar-refractivity contribution in [1.29, 1.82) is 0 Å². The molecule has 0 spiro atoms. The lowest BCUT2D eigenvalue weighted by Gasteiger charge is -2.36. The number of nitrogens with one attached hydrogen (secondary N) is 1. The number of likely N-dealkylation sites (N-methyl/N-ethyl adjacent to an activating group) is 1. The number of ether oxygens (including phenoxy) is 2. The first-order valence-electron chi connectivity index (χ1n) is 19.7. The van der Waals surface area contributed by atoms with Crippen LogP contribution in [0.1, 0.15) is 91.2 Å². The van der Waals surface area contributed by atoms with Crippen LogP contribution in [0.25, 0.3) is 11.1 Å². The summed E-state index contributed by atoms with van der Waals surface area (Å²) in [5.74, 6) is -1.26. The number of rotatable bonds is 17. The first-order valence-corrected chi connectivity index (χ1v) is 20.1. The highest BCUT2D eigenvalue weighted by molar-refractivity contribution is 6.31. The second-order valence-electron chi connectivity index (χ2n) is 14.6. The van der Waals surface area contributed by atoms with Crippen LogP contribution < -0.4 is 5.32 Å². The van der Waals surface area contributed by atoms with Crippen molar-refractivity contribution in [3.05, 3.63) is 166 Å². The number of benzene rings is 5. The summed E-state index contributed by atoms with van der Waals surface area (Å²) < 4.78 is 12.5. The van der Waals surface area contributed by atoms with Crippen LogP contribution in [0.5, 0.6) is 0 Å². The number of amides is 2. The van der Waals surface area contributed by atoms with Gasteiger partial charge in [0.25, 0.3) is 0 Å². The molecule has 0 fully saturated rings. The Morgan fingerprint density at radius 1 is 0.732 bits per heavy atom. The topological polar surface area (TPSA) is 84.9 Å². The second-order valence-corrected chi connectivity index (χ2v) is 15.0. The largest absolute Gasteiger partial charge is 0.449 e. The molecule has 0 saturated carbocycles. The normalized spacial score (nSPS) is 13.5. The van der Waals surface area contributed by atoms with Crippen LogP contribution in [0, 0.1) is 6.92 Å². The van der Waals surface area contributed by atoms with Crippen molar-refractivity contribution >= 4 is 29.6 Å².